The maximum absolute atomic E-state index is 6.00. The summed E-state index contributed by atoms with van der Waals surface area (Å²) in [5, 5.41) is 6.00. The zero-order valence-electron chi connectivity index (χ0n) is 12.1. The van der Waals surface area contributed by atoms with Gasteiger partial charge in [-0.05, 0) is 41.1 Å². The van der Waals surface area contributed by atoms with Crippen LogP contribution in [0.4, 0.5) is 0 Å². The maximum Gasteiger partial charge on any atom is 0.157 e. The van der Waals surface area contributed by atoms with Crippen molar-refractivity contribution in [3.63, 3.8) is 0 Å². The molecular weight excluding hydrogens is 335 g/mol. The summed E-state index contributed by atoms with van der Waals surface area (Å²) >= 11 is 13.7. The van der Waals surface area contributed by atoms with Gasteiger partial charge < -0.3 is 5.32 Å². The van der Waals surface area contributed by atoms with E-state index in [0.29, 0.717) is 0 Å². The van der Waals surface area contributed by atoms with Crippen molar-refractivity contribution in [2.45, 2.75) is 19.0 Å². The Morgan fingerprint density at radius 3 is 2.05 bits per heavy atom. The highest BCUT2D eigenvalue weighted by atomic mass is 35.5. The van der Waals surface area contributed by atoms with Gasteiger partial charge in [0.1, 0.15) is 6.04 Å². The highest BCUT2D eigenvalue weighted by Gasteiger charge is 2.31. The van der Waals surface area contributed by atoms with Crippen molar-refractivity contribution < 1.29 is 0 Å². The van der Waals surface area contributed by atoms with E-state index in [1.165, 1.54) is 5.56 Å². The van der Waals surface area contributed by atoms with Crippen molar-refractivity contribution in [3.8, 4) is 0 Å². The zero-order valence-corrected chi connectivity index (χ0v) is 14.4. The van der Waals surface area contributed by atoms with E-state index in [-0.39, 0.29) is 12.1 Å². The van der Waals surface area contributed by atoms with Gasteiger partial charge in [-0.25, -0.2) is 0 Å². The Labute approximate surface area is 144 Å². The monoisotopic (exact) mass is 350 g/mol. The van der Waals surface area contributed by atoms with Gasteiger partial charge in [0.2, 0.25) is 0 Å². The molecule has 2 aromatic rings. The first-order valence-corrected chi connectivity index (χ1v) is 8.89. The van der Waals surface area contributed by atoms with E-state index >= 15 is 0 Å². The summed E-state index contributed by atoms with van der Waals surface area (Å²) in [5.74, 6) is 0.993. The number of amidine groups is 1. The highest BCUT2D eigenvalue weighted by molar-refractivity contribution is 8.13. The Morgan fingerprint density at radius 2 is 1.50 bits per heavy atom. The summed E-state index contributed by atoms with van der Waals surface area (Å²) in [6.45, 7) is 2.13. The largest absolute Gasteiger partial charge is 0.356 e. The molecular formula is C17H16Cl2N2S. The number of aliphatic imine (C=N–C) groups is 1. The summed E-state index contributed by atoms with van der Waals surface area (Å²) in [6, 6.07) is 16.0. The summed E-state index contributed by atoms with van der Waals surface area (Å²) in [6.07, 6.45) is 0. The van der Waals surface area contributed by atoms with Crippen LogP contribution in [0.5, 0.6) is 0 Å². The average Bonchev–Trinajstić information content (AvgIpc) is 2.93. The Balaban J connectivity index is 1.93. The molecule has 1 N–H and O–H groups in total. The fraction of sp³-hybridized carbons (Fsp3) is 0.235. The molecule has 2 atom stereocenters. The second-order valence-corrected chi connectivity index (χ2v) is 7.16. The van der Waals surface area contributed by atoms with E-state index in [4.69, 9.17) is 28.2 Å². The van der Waals surface area contributed by atoms with Crippen molar-refractivity contribution in [1.82, 2.24) is 5.32 Å². The van der Waals surface area contributed by atoms with Gasteiger partial charge in [0.25, 0.3) is 0 Å². The summed E-state index contributed by atoms with van der Waals surface area (Å²) < 4.78 is 0. The second-order valence-electron chi connectivity index (χ2n) is 5.04. The van der Waals surface area contributed by atoms with Gasteiger partial charge in [-0.15, -0.1) is 0 Å². The third-order valence-corrected chi connectivity index (χ3v) is 4.86. The van der Waals surface area contributed by atoms with Crippen molar-refractivity contribution >= 4 is 40.1 Å². The van der Waals surface area contributed by atoms with Crippen LogP contribution in [0.15, 0.2) is 53.5 Å². The van der Waals surface area contributed by atoms with Crippen LogP contribution < -0.4 is 5.32 Å². The molecule has 2 nitrogen and oxygen atoms in total. The second kappa shape index (κ2) is 6.95. The minimum atomic E-state index is 0.0486. The average molecular weight is 351 g/mol. The van der Waals surface area contributed by atoms with Crippen molar-refractivity contribution in [2.75, 3.05) is 5.75 Å². The zero-order chi connectivity index (χ0) is 15.5. The van der Waals surface area contributed by atoms with Crippen LogP contribution in [-0.4, -0.2) is 10.9 Å². The first-order chi connectivity index (χ1) is 10.7. The van der Waals surface area contributed by atoms with E-state index in [1.807, 2.05) is 36.4 Å². The number of nitrogens with zero attached hydrogens (tertiary/aromatic N) is 1. The molecule has 0 aromatic heterocycles. The highest BCUT2D eigenvalue weighted by Crippen LogP contribution is 2.38. The van der Waals surface area contributed by atoms with Crippen LogP contribution >= 0.6 is 35.0 Å². The molecule has 1 aliphatic heterocycles. The topological polar surface area (TPSA) is 24.4 Å². The molecule has 114 valence electrons. The SMILES string of the molecule is CCSC1=N[C@H](c2ccc(Cl)cc2)[C@@H](c2ccc(Cl)cc2)N1. The van der Waals surface area contributed by atoms with Crippen molar-refractivity contribution in [2.24, 2.45) is 4.99 Å². The molecule has 1 aliphatic rings. The number of halogens is 2. The Bertz CT molecular complexity index is 668. The van der Waals surface area contributed by atoms with Crippen molar-refractivity contribution in [1.29, 1.82) is 0 Å². The Kier molecular flexibility index (Phi) is 4.97. The number of thioether (sulfide) groups is 1. The first kappa shape index (κ1) is 15.7. The van der Waals surface area contributed by atoms with Crippen LogP contribution in [0.3, 0.4) is 0 Å². The molecule has 0 bridgehead atoms. The normalized spacial score (nSPS) is 20.6. The lowest BCUT2D eigenvalue weighted by Gasteiger charge is -2.19. The molecule has 0 aliphatic carbocycles. The fourth-order valence-corrected chi connectivity index (χ4v) is 3.45. The molecule has 3 rings (SSSR count). The lowest BCUT2D eigenvalue weighted by molar-refractivity contribution is 0.573. The van der Waals surface area contributed by atoms with E-state index in [0.717, 1.165) is 26.5 Å². The molecule has 0 saturated heterocycles. The number of rotatable bonds is 3. The molecule has 0 fully saturated rings. The lowest BCUT2D eigenvalue weighted by atomic mass is 9.95. The van der Waals surface area contributed by atoms with Crippen LogP contribution in [0, 0.1) is 0 Å². The molecule has 5 heteroatoms. The van der Waals surface area contributed by atoms with Gasteiger partial charge in [0.05, 0.1) is 6.04 Å². The Hall–Kier alpha value is -1.16. The maximum atomic E-state index is 6.00. The smallest absolute Gasteiger partial charge is 0.157 e. The van der Waals surface area contributed by atoms with E-state index in [2.05, 4.69) is 24.4 Å². The lowest BCUT2D eigenvalue weighted by Crippen LogP contribution is -2.22. The van der Waals surface area contributed by atoms with Crippen LogP contribution in [0.25, 0.3) is 0 Å². The molecule has 0 radical (unpaired) electrons. The minimum absolute atomic E-state index is 0.0486. The van der Waals surface area contributed by atoms with Gasteiger partial charge in [-0.1, -0.05) is 66.2 Å². The molecule has 1 heterocycles. The molecule has 0 saturated carbocycles. The minimum Gasteiger partial charge on any atom is -0.356 e. The summed E-state index contributed by atoms with van der Waals surface area (Å²) in [5.41, 5.74) is 2.34. The predicted octanol–water partition coefficient (Wildman–Crippen LogP) is 5.49. The summed E-state index contributed by atoms with van der Waals surface area (Å²) in [7, 11) is 0. The van der Waals surface area contributed by atoms with Crippen LogP contribution in [-0.2, 0) is 0 Å². The molecule has 0 amide bonds. The van der Waals surface area contributed by atoms with Crippen molar-refractivity contribution in [3.05, 3.63) is 69.7 Å². The first-order valence-electron chi connectivity index (χ1n) is 7.15. The molecule has 0 spiro atoms. The summed E-state index contributed by atoms with van der Waals surface area (Å²) in [4.78, 5) is 4.85. The fourth-order valence-electron chi connectivity index (χ4n) is 2.53. The predicted molar refractivity (Wildman–Crippen MR) is 97.1 cm³/mol. The number of hydrogen-bond donors (Lipinski definition) is 1. The van der Waals surface area contributed by atoms with Gasteiger partial charge in [-0.3, -0.25) is 4.99 Å². The number of nitrogens with one attached hydrogen (secondary N) is 1. The molecule has 0 unspecified atom stereocenters. The van der Waals surface area contributed by atoms with Gasteiger partial charge in [0, 0.05) is 10.0 Å². The van der Waals surface area contributed by atoms with Crippen LogP contribution in [0.2, 0.25) is 10.0 Å². The van der Waals surface area contributed by atoms with E-state index in [1.54, 1.807) is 11.8 Å². The standard InChI is InChI=1S/C17H16Cl2N2S/c1-2-22-17-20-15(11-3-7-13(18)8-4-11)16(21-17)12-5-9-14(19)10-6-12/h3-10,15-16H,2H2,1H3,(H,20,21)/t15-,16-/m1/s1. The third-order valence-electron chi connectivity index (χ3n) is 3.57. The van der Waals surface area contributed by atoms with Crippen LogP contribution in [0.1, 0.15) is 30.1 Å². The number of hydrogen-bond acceptors (Lipinski definition) is 3. The number of benzene rings is 2. The van der Waals surface area contributed by atoms with E-state index < -0.39 is 0 Å². The van der Waals surface area contributed by atoms with Gasteiger partial charge in [0.15, 0.2) is 5.17 Å². The quantitative estimate of drug-likeness (QED) is 0.791. The van der Waals surface area contributed by atoms with Gasteiger partial charge in [-0.2, -0.15) is 0 Å². The molecule has 22 heavy (non-hydrogen) atoms. The molecule has 2 aromatic carbocycles. The van der Waals surface area contributed by atoms with Gasteiger partial charge >= 0.3 is 0 Å². The Morgan fingerprint density at radius 1 is 0.955 bits per heavy atom. The third kappa shape index (κ3) is 3.43. The van der Waals surface area contributed by atoms with E-state index in [9.17, 15) is 0 Å².